The maximum absolute atomic E-state index is 11.9. The van der Waals surface area contributed by atoms with Crippen molar-refractivity contribution in [1.29, 1.82) is 0 Å². The minimum absolute atomic E-state index is 0.0545. The van der Waals surface area contributed by atoms with Gasteiger partial charge in [-0.15, -0.1) is 0 Å². The molecule has 0 spiro atoms. The maximum atomic E-state index is 11.9. The number of ether oxygens (including phenoxy) is 4. The number of hydrazine groups is 2. The molecule has 0 aliphatic carbocycles. The molecule has 0 atom stereocenters. The van der Waals surface area contributed by atoms with Gasteiger partial charge < -0.3 is 18.9 Å². The third-order valence-corrected chi connectivity index (χ3v) is 5.21. The van der Waals surface area contributed by atoms with E-state index in [0.29, 0.717) is 35.5 Å². The molecule has 0 radical (unpaired) electrons. The van der Waals surface area contributed by atoms with Crippen molar-refractivity contribution in [1.82, 2.24) is 21.7 Å². The monoisotopic (exact) mass is 586 g/mol. The van der Waals surface area contributed by atoms with Crippen LogP contribution >= 0.6 is 0 Å². The molecular formula is C28H34N4O10. The predicted octanol–water partition coefficient (Wildman–Crippen LogP) is 1.35. The summed E-state index contributed by atoms with van der Waals surface area (Å²) in [5.41, 5.74) is 9.65. The molecule has 0 aromatic heterocycles. The normalized spacial score (nSPS) is 10.0. The van der Waals surface area contributed by atoms with E-state index in [1.165, 1.54) is 48.5 Å². The van der Waals surface area contributed by atoms with Crippen molar-refractivity contribution in [2.45, 2.75) is 39.5 Å². The first kappa shape index (κ1) is 33.1. The van der Waals surface area contributed by atoms with E-state index in [4.69, 9.17) is 18.9 Å². The zero-order chi connectivity index (χ0) is 30.7. The van der Waals surface area contributed by atoms with Gasteiger partial charge in [0, 0.05) is 12.8 Å². The number of nitrogens with one attached hydrogen (secondary N) is 4. The van der Waals surface area contributed by atoms with Gasteiger partial charge in [-0.3, -0.25) is 40.9 Å². The van der Waals surface area contributed by atoms with Crippen LogP contribution in [0.25, 0.3) is 0 Å². The van der Waals surface area contributed by atoms with E-state index in [1.54, 1.807) is 13.8 Å². The lowest BCUT2D eigenvalue weighted by Crippen LogP contribution is -2.44. The largest absolute Gasteiger partial charge is 0.484 e. The predicted molar refractivity (Wildman–Crippen MR) is 147 cm³/mol. The lowest BCUT2D eigenvalue weighted by Gasteiger charge is -2.10. The van der Waals surface area contributed by atoms with Crippen LogP contribution in [0.5, 0.6) is 11.5 Å². The zero-order valence-electron chi connectivity index (χ0n) is 23.4. The van der Waals surface area contributed by atoms with Crippen LogP contribution in [0.3, 0.4) is 0 Å². The fraction of sp³-hybridized carbons (Fsp3) is 0.357. The van der Waals surface area contributed by atoms with Gasteiger partial charge in [0.2, 0.25) is 11.8 Å². The van der Waals surface area contributed by atoms with Crippen LogP contribution in [0.1, 0.15) is 60.2 Å². The minimum Gasteiger partial charge on any atom is -0.484 e. The quantitative estimate of drug-likeness (QED) is 0.135. The summed E-state index contributed by atoms with van der Waals surface area (Å²) in [5, 5.41) is 0. The summed E-state index contributed by atoms with van der Waals surface area (Å²) >= 11 is 0. The maximum Gasteiger partial charge on any atom is 0.338 e. The van der Waals surface area contributed by atoms with Crippen molar-refractivity contribution in [3.05, 3.63) is 59.7 Å². The zero-order valence-corrected chi connectivity index (χ0v) is 23.4. The summed E-state index contributed by atoms with van der Waals surface area (Å²) < 4.78 is 20.4. The van der Waals surface area contributed by atoms with E-state index < -0.39 is 35.6 Å². The number of carbonyl (C=O) groups is 6. The van der Waals surface area contributed by atoms with Gasteiger partial charge in [-0.25, -0.2) is 9.59 Å². The summed E-state index contributed by atoms with van der Waals surface area (Å²) in [5.74, 6) is -2.31. The smallest absolute Gasteiger partial charge is 0.338 e. The Bertz CT molecular complexity index is 1120. The third kappa shape index (κ3) is 12.8. The molecule has 2 aromatic carbocycles. The number of hydrogen-bond donors (Lipinski definition) is 4. The fourth-order valence-electron chi connectivity index (χ4n) is 3.15. The molecule has 4 N–H and O–H groups in total. The third-order valence-electron chi connectivity index (χ3n) is 5.21. The topological polar surface area (TPSA) is 187 Å². The number of hydrogen-bond acceptors (Lipinski definition) is 10. The summed E-state index contributed by atoms with van der Waals surface area (Å²) in [6.45, 7) is 3.20. The van der Waals surface area contributed by atoms with Gasteiger partial charge in [-0.2, -0.15) is 0 Å². The van der Waals surface area contributed by atoms with E-state index in [1.807, 2.05) is 0 Å². The average molecular weight is 587 g/mol. The standard InChI is InChI=1S/C28H34N4O10/c1-3-39-27(37)19-9-13-21(14-10-19)41-17-25(35)31-29-23(33)7-5-6-8-24(34)30-32-26(36)18-42-22-15-11-20(12-16-22)28(38)40-4-2/h9-16H,3-8,17-18H2,1-2H3,(H,29,33)(H,30,34)(H,31,35)(H,32,36). The number of carbonyl (C=O) groups excluding carboxylic acids is 6. The van der Waals surface area contributed by atoms with Crippen molar-refractivity contribution in [2.75, 3.05) is 26.4 Å². The van der Waals surface area contributed by atoms with E-state index in [2.05, 4.69) is 21.7 Å². The lowest BCUT2D eigenvalue weighted by atomic mass is 10.2. The molecule has 0 bridgehead atoms. The summed E-state index contributed by atoms with van der Waals surface area (Å²) in [6, 6.07) is 12.1. The van der Waals surface area contributed by atoms with Crippen LogP contribution in [0.15, 0.2) is 48.5 Å². The number of amides is 4. The summed E-state index contributed by atoms with van der Waals surface area (Å²) in [6.07, 6.45) is 0.826. The highest BCUT2D eigenvalue weighted by Gasteiger charge is 2.10. The van der Waals surface area contributed by atoms with E-state index >= 15 is 0 Å². The highest BCUT2D eigenvalue weighted by molar-refractivity contribution is 5.90. The molecule has 2 aromatic rings. The molecule has 2 rings (SSSR count). The van der Waals surface area contributed by atoms with E-state index in [-0.39, 0.29) is 39.3 Å². The van der Waals surface area contributed by atoms with Gasteiger partial charge in [-0.1, -0.05) is 0 Å². The molecule has 0 aliphatic rings. The van der Waals surface area contributed by atoms with Crippen molar-refractivity contribution < 1.29 is 47.7 Å². The minimum atomic E-state index is -0.592. The average Bonchev–Trinajstić information content (AvgIpc) is 2.99. The van der Waals surface area contributed by atoms with E-state index in [9.17, 15) is 28.8 Å². The molecule has 0 saturated carbocycles. The Balaban J connectivity index is 1.52. The summed E-state index contributed by atoms with van der Waals surface area (Å²) in [4.78, 5) is 70.8. The first-order valence-corrected chi connectivity index (χ1v) is 13.2. The van der Waals surface area contributed by atoms with Gasteiger partial charge in [0.05, 0.1) is 24.3 Å². The van der Waals surface area contributed by atoms with Crippen LogP contribution < -0.4 is 31.2 Å². The van der Waals surface area contributed by atoms with E-state index in [0.717, 1.165) is 0 Å². The first-order valence-electron chi connectivity index (χ1n) is 13.2. The SMILES string of the molecule is CCOC(=O)c1ccc(OCC(=O)NNC(=O)CCCCC(=O)NNC(=O)COc2ccc(C(=O)OCC)cc2)cc1. The molecule has 0 saturated heterocycles. The molecule has 0 heterocycles. The Kier molecular flexibility index (Phi) is 14.4. The van der Waals surface area contributed by atoms with Crippen LogP contribution in [0, 0.1) is 0 Å². The molecule has 14 nitrogen and oxygen atoms in total. The van der Waals surface area contributed by atoms with Gasteiger partial charge >= 0.3 is 11.9 Å². The van der Waals surface area contributed by atoms with Crippen molar-refractivity contribution in [2.24, 2.45) is 0 Å². The second-order valence-corrected chi connectivity index (χ2v) is 8.47. The van der Waals surface area contributed by atoms with Gasteiger partial charge in [0.15, 0.2) is 13.2 Å². The highest BCUT2D eigenvalue weighted by atomic mass is 16.5. The summed E-state index contributed by atoms with van der Waals surface area (Å²) in [7, 11) is 0. The highest BCUT2D eigenvalue weighted by Crippen LogP contribution is 2.14. The first-order chi connectivity index (χ1) is 20.2. The fourth-order valence-corrected chi connectivity index (χ4v) is 3.15. The molecule has 4 amide bonds. The Morgan fingerprint density at radius 3 is 1.19 bits per heavy atom. The molecular weight excluding hydrogens is 552 g/mol. The Morgan fingerprint density at radius 1 is 0.524 bits per heavy atom. The van der Waals surface area contributed by atoms with Gasteiger partial charge in [-0.05, 0) is 75.2 Å². The number of benzene rings is 2. The van der Waals surface area contributed by atoms with Crippen molar-refractivity contribution >= 4 is 35.6 Å². The van der Waals surface area contributed by atoms with Crippen molar-refractivity contribution in [3.8, 4) is 11.5 Å². The Labute approximate surface area is 242 Å². The van der Waals surface area contributed by atoms with Crippen LogP contribution in [-0.2, 0) is 28.7 Å². The molecule has 42 heavy (non-hydrogen) atoms. The second-order valence-electron chi connectivity index (χ2n) is 8.47. The van der Waals surface area contributed by atoms with Crippen molar-refractivity contribution in [3.63, 3.8) is 0 Å². The van der Waals surface area contributed by atoms with Gasteiger partial charge in [0.25, 0.3) is 11.8 Å². The lowest BCUT2D eigenvalue weighted by molar-refractivity contribution is -0.130. The van der Waals surface area contributed by atoms with Crippen LogP contribution in [0.4, 0.5) is 0 Å². The number of rotatable bonds is 15. The second kappa shape index (κ2) is 18.3. The molecule has 226 valence electrons. The van der Waals surface area contributed by atoms with Gasteiger partial charge in [0.1, 0.15) is 11.5 Å². The Morgan fingerprint density at radius 2 is 0.857 bits per heavy atom. The van der Waals surface area contributed by atoms with Crippen LogP contribution in [-0.4, -0.2) is 62.0 Å². The molecule has 14 heteroatoms. The molecule has 0 aliphatic heterocycles. The Hall–Kier alpha value is -5.14. The number of esters is 2. The number of unbranched alkanes of at least 4 members (excludes halogenated alkanes) is 1. The molecule has 0 fully saturated rings. The molecule has 0 unspecified atom stereocenters. The van der Waals surface area contributed by atoms with Crippen LogP contribution in [0.2, 0.25) is 0 Å².